The van der Waals surface area contributed by atoms with Crippen molar-refractivity contribution in [3.05, 3.63) is 30.1 Å². The van der Waals surface area contributed by atoms with Crippen molar-refractivity contribution < 1.29 is 9.59 Å². The molecule has 6 nitrogen and oxygen atoms in total. The predicted octanol–water partition coefficient (Wildman–Crippen LogP) is 0.235. The maximum atomic E-state index is 11.7. The van der Waals surface area contributed by atoms with Crippen molar-refractivity contribution in [3.63, 3.8) is 0 Å². The molecule has 2 N–H and O–H groups in total. The van der Waals surface area contributed by atoms with Gasteiger partial charge in [-0.2, -0.15) is 0 Å². The van der Waals surface area contributed by atoms with Crippen LogP contribution in [0.25, 0.3) is 11.0 Å². The molecule has 0 spiro atoms. The molecule has 0 saturated carbocycles. The molecule has 0 radical (unpaired) electrons. The molecule has 1 amide bonds. The van der Waals surface area contributed by atoms with Crippen LogP contribution in [0.2, 0.25) is 0 Å². The van der Waals surface area contributed by atoms with Gasteiger partial charge in [0.2, 0.25) is 6.29 Å². The van der Waals surface area contributed by atoms with E-state index in [9.17, 15) is 9.59 Å². The van der Waals surface area contributed by atoms with Crippen LogP contribution in [0.1, 0.15) is 11.6 Å². The van der Waals surface area contributed by atoms with Crippen LogP contribution in [-0.2, 0) is 9.59 Å². The number of piperazine rings is 1. The molecule has 0 aliphatic carbocycles. The third kappa shape index (κ3) is 2.00. The summed E-state index contributed by atoms with van der Waals surface area (Å²) in [5.74, 6) is -0.468. The second-order valence-electron chi connectivity index (χ2n) is 4.51. The number of aromatic nitrogens is 2. The quantitative estimate of drug-likeness (QED) is 0.597. The van der Waals surface area contributed by atoms with Crippen molar-refractivity contribution in [1.82, 2.24) is 20.2 Å². The van der Waals surface area contributed by atoms with E-state index in [1.165, 1.54) is 0 Å². The summed E-state index contributed by atoms with van der Waals surface area (Å²) in [5.41, 5.74) is 1.78. The first-order valence-electron chi connectivity index (χ1n) is 6.20. The maximum Gasteiger partial charge on any atom is 0.287 e. The minimum absolute atomic E-state index is 0.135. The van der Waals surface area contributed by atoms with Crippen molar-refractivity contribution >= 4 is 23.2 Å². The summed E-state index contributed by atoms with van der Waals surface area (Å²) in [4.78, 5) is 31.4. The van der Waals surface area contributed by atoms with Crippen LogP contribution in [0, 0.1) is 0 Å². The number of H-pyrrole nitrogens is 1. The average Bonchev–Trinajstić information content (AvgIpc) is 2.90. The number of rotatable bonds is 2. The first kappa shape index (κ1) is 11.9. The molecule has 2 aromatic rings. The summed E-state index contributed by atoms with van der Waals surface area (Å²) in [6.07, 6.45) is 3.96. The molecule has 3 rings (SSSR count). The number of nitrogens with zero attached hydrogens (tertiary/aromatic N) is 2. The molecule has 0 bridgehead atoms. The van der Waals surface area contributed by atoms with Gasteiger partial charge < -0.3 is 15.2 Å². The fourth-order valence-corrected chi connectivity index (χ4v) is 2.57. The van der Waals surface area contributed by atoms with Gasteiger partial charge in [-0.3, -0.25) is 9.59 Å². The Labute approximate surface area is 109 Å². The van der Waals surface area contributed by atoms with Gasteiger partial charge in [-0.25, -0.2) is 4.98 Å². The van der Waals surface area contributed by atoms with E-state index in [1.54, 1.807) is 11.1 Å². The van der Waals surface area contributed by atoms with Crippen LogP contribution in [0.15, 0.2) is 24.5 Å². The molecule has 1 saturated heterocycles. The van der Waals surface area contributed by atoms with Gasteiger partial charge >= 0.3 is 0 Å². The SMILES string of the molecule is O=CC(=O)N1CCNCC1c1c[nH]c2ncccc12. The highest BCUT2D eigenvalue weighted by Crippen LogP contribution is 2.28. The van der Waals surface area contributed by atoms with E-state index in [0.717, 1.165) is 16.6 Å². The van der Waals surface area contributed by atoms with Crippen LogP contribution in [0.5, 0.6) is 0 Å². The molecule has 3 heterocycles. The van der Waals surface area contributed by atoms with E-state index in [2.05, 4.69) is 15.3 Å². The number of carbonyl (C=O) groups excluding carboxylic acids is 2. The minimum atomic E-state index is -0.468. The minimum Gasteiger partial charge on any atom is -0.346 e. The fraction of sp³-hybridized carbons (Fsp3) is 0.308. The van der Waals surface area contributed by atoms with Crippen molar-refractivity contribution in [3.8, 4) is 0 Å². The zero-order valence-electron chi connectivity index (χ0n) is 10.3. The Balaban J connectivity index is 2.03. The van der Waals surface area contributed by atoms with Gasteiger partial charge in [0.25, 0.3) is 5.91 Å². The van der Waals surface area contributed by atoms with Crippen LogP contribution in [-0.4, -0.2) is 46.7 Å². The number of nitrogens with one attached hydrogen (secondary N) is 2. The van der Waals surface area contributed by atoms with E-state index < -0.39 is 5.91 Å². The Morgan fingerprint density at radius 1 is 1.53 bits per heavy atom. The van der Waals surface area contributed by atoms with E-state index in [-0.39, 0.29) is 6.04 Å². The van der Waals surface area contributed by atoms with E-state index >= 15 is 0 Å². The molecule has 2 aromatic heterocycles. The second-order valence-corrected chi connectivity index (χ2v) is 4.51. The molecule has 98 valence electrons. The Bertz CT molecular complexity index is 622. The molecule has 1 aliphatic heterocycles. The number of aromatic amines is 1. The molecular weight excluding hydrogens is 244 g/mol. The van der Waals surface area contributed by atoms with Crippen LogP contribution < -0.4 is 5.32 Å². The predicted molar refractivity (Wildman–Crippen MR) is 69.5 cm³/mol. The Hall–Kier alpha value is -2.21. The summed E-state index contributed by atoms with van der Waals surface area (Å²) < 4.78 is 0. The standard InChI is InChI=1S/C13H14N4O2/c18-8-12(19)17-5-4-14-7-11(17)10-6-16-13-9(10)2-1-3-15-13/h1-3,6,8,11,14H,4-5,7H2,(H,15,16). The largest absolute Gasteiger partial charge is 0.346 e. The highest BCUT2D eigenvalue weighted by atomic mass is 16.2. The smallest absolute Gasteiger partial charge is 0.287 e. The van der Waals surface area contributed by atoms with Crippen molar-refractivity contribution in [1.29, 1.82) is 0 Å². The van der Waals surface area contributed by atoms with E-state index in [0.29, 0.717) is 25.9 Å². The Morgan fingerprint density at radius 2 is 2.42 bits per heavy atom. The summed E-state index contributed by atoms with van der Waals surface area (Å²) in [6.45, 7) is 1.88. The van der Waals surface area contributed by atoms with Gasteiger partial charge in [-0.1, -0.05) is 0 Å². The third-order valence-corrected chi connectivity index (χ3v) is 3.47. The maximum absolute atomic E-state index is 11.7. The summed E-state index contributed by atoms with van der Waals surface area (Å²) in [6, 6.07) is 3.69. The fourth-order valence-electron chi connectivity index (χ4n) is 2.57. The normalized spacial score (nSPS) is 19.6. The molecular formula is C13H14N4O2. The molecule has 1 atom stereocenters. The summed E-state index contributed by atoms with van der Waals surface area (Å²) >= 11 is 0. The number of carbonyl (C=O) groups is 2. The van der Waals surface area contributed by atoms with Gasteiger partial charge in [0, 0.05) is 43.0 Å². The molecule has 19 heavy (non-hydrogen) atoms. The average molecular weight is 258 g/mol. The molecule has 0 aromatic carbocycles. The van der Waals surface area contributed by atoms with Crippen molar-refractivity contribution in [2.24, 2.45) is 0 Å². The molecule has 1 unspecified atom stereocenters. The van der Waals surface area contributed by atoms with Gasteiger partial charge in [0.1, 0.15) is 5.65 Å². The zero-order chi connectivity index (χ0) is 13.2. The highest BCUT2D eigenvalue weighted by Gasteiger charge is 2.29. The lowest BCUT2D eigenvalue weighted by Crippen LogP contribution is -2.49. The first-order chi connectivity index (χ1) is 9.31. The van der Waals surface area contributed by atoms with Gasteiger partial charge in [0.15, 0.2) is 0 Å². The molecule has 1 aliphatic rings. The Morgan fingerprint density at radius 3 is 3.26 bits per heavy atom. The number of hydrogen-bond donors (Lipinski definition) is 2. The number of amides is 1. The van der Waals surface area contributed by atoms with Crippen molar-refractivity contribution in [2.45, 2.75) is 6.04 Å². The van der Waals surface area contributed by atoms with Gasteiger partial charge in [0.05, 0.1) is 6.04 Å². The number of pyridine rings is 1. The third-order valence-electron chi connectivity index (χ3n) is 3.47. The van der Waals surface area contributed by atoms with Gasteiger partial charge in [-0.05, 0) is 12.1 Å². The van der Waals surface area contributed by atoms with Gasteiger partial charge in [-0.15, -0.1) is 0 Å². The zero-order valence-corrected chi connectivity index (χ0v) is 10.3. The summed E-state index contributed by atoms with van der Waals surface area (Å²) in [5, 5.41) is 4.24. The highest BCUT2D eigenvalue weighted by molar-refractivity contribution is 6.23. The number of fused-ring (bicyclic) bond motifs is 1. The molecule has 6 heteroatoms. The lowest BCUT2D eigenvalue weighted by atomic mass is 10.0. The van der Waals surface area contributed by atoms with E-state index in [4.69, 9.17) is 0 Å². The van der Waals surface area contributed by atoms with E-state index in [1.807, 2.05) is 18.3 Å². The summed E-state index contributed by atoms with van der Waals surface area (Å²) in [7, 11) is 0. The lowest BCUT2D eigenvalue weighted by molar-refractivity contribution is -0.141. The Kier molecular flexibility index (Phi) is 3.00. The van der Waals surface area contributed by atoms with Crippen molar-refractivity contribution in [2.75, 3.05) is 19.6 Å². The number of aldehydes is 1. The lowest BCUT2D eigenvalue weighted by Gasteiger charge is -2.34. The first-order valence-corrected chi connectivity index (χ1v) is 6.20. The van der Waals surface area contributed by atoms with Crippen LogP contribution >= 0.6 is 0 Å². The van der Waals surface area contributed by atoms with Crippen LogP contribution in [0.3, 0.4) is 0 Å². The van der Waals surface area contributed by atoms with Crippen LogP contribution in [0.4, 0.5) is 0 Å². The monoisotopic (exact) mass is 258 g/mol. The second kappa shape index (κ2) is 4.81. The number of hydrogen-bond acceptors (Lipinski definition) is 4. The topological polar surface area (TPSA) is 78.1 Å². The molecule has 1 fully saturated rings.